The van der Waals surface area contributed by atoms with Gasteiger partial charge in [0.2, 0.25) is 15.9 Å². The summed E-state index contributed by atoms with van der Waals surface area (Å²) in [4.78, 5) is 26.3. The van der Waals surface area contributed by atoms with Gasteiger partial charge in [-0.3, -0.25) is 9.69 Å². The summed E-state index contributed by atoms with van der Waals surface area (Å²) in [5.41, 5.74) is 2.44. The zero-order valence-electron chi connectivity index (χ0n) is 18.2. The molecule has 1 amide bonds. The number of nitrogens with zero attached hydrogens (tertiary/aromatic N) is 1. The Morgan fingerprint density at radius 3 is 2.31 bits per heavy atom. The third kappa shape index (κ3) is 6.62. The van der Waals surface area contributed by atoms with Gasteiger partial charge >= 0.3 is 5.97 Å². The normalized spacial score (nSPS) is 14.3. The van der Waals surface area contributed by atoms with Crippen LogP contribution in [0.2, 0.25) is 0 Å². The lowest BCUT2D eigenvalue weighted by Gasteiger charge is -2.17. The molecular weight excluding hydrogens is 430 g/mol. The first-order chi connectivity index (χ1) is 15.4. The number of nitrogens with one attached hydrogen (secondary N) is 2. The largest absolute Gasteiger partial charge is 0.462 e. The first-order valence-electron chi connectivity index (χ1n) is 10.7. The van der Waals surface area contributed by atoms with Crippen molar-refractivity contribution >= 4 is 21.9 Å². The minimum Gasteiger partial charge on any atom is -0.462 e. The highest BCUT2D eigenvalue weighted by atomic mass is 32.2. The van der Waals surface area contributed by atoms with E-state index < -0.39 is 21.9 Å². The number of rotatable bonds is 10. The van der Waals surface area contributed by atoms with Gasteiger partial charge in [-0.25, -0.2) is 17.9 Å². The smallest absolute Gasteiger partial charge is 0.338 e. The van der Waals surface area contributed by atoms with Crippen LogP contribution in [0, 0.1) is 0 Å². The molecule has 2 aromatic rings. The van der Waals surface area contributed by atoms with Gasteiger partial charge in [0.05, 0.1) is 23.6 Å². The molecular formula is C23H29N3O5S. The van der Waals surface area contributed by atoms with Crippen molar-refractivity contribution in [3.8, 4) is 0 Å². The highest BCUT2D eigenvalue weighted by molar-refractivity contribution is 7.89. The molecule has 8 nitrogen and oxygen atoms in total. The van der Waals surface area contributed by atoms with Crippen molar-refractivity contribution in [3.63, 3.8) is 0 Å². The van der Waals surface area contributed by atoms with E-state index in [0.29, 0.717) is 6.54 Å². The Bertz CT molecular complexity index is 1030. The van der Waals surface area contributed by atoms with Crippen LogP contribution in [0.1, 0.15) is 41.3 Å². The van der Waals surface area contributed by atoms with Gasteiger partial charge in [-0.1, -0.05) is 24.3 Å². The molecule has 1 aliphatic heterocycles. The highest BCUT2D eigenvalue weighted by Crippen LogP contribution is 2.16. The summed E-state index contributed by atoms with van der Waals surface area (Å²) in [6.45, 7) is 4.90. The molecule has 0 radical (unpaired) electrons. The fourth-order valence-corrected chi connectivity index (χ4v) is 4.53. The van der Waals surface area contributed by atoms with Crippen LogP contribution < -0.4 is 10.0 Å². The first kappa shape index (κ1) is 23.9. The van der Waals surface area contributed by atoms with Crippen LogP contribution in [0.4, 0.5) is 0 Å². The Morgan fingerprint density at radius 1 is 1.00 bits per heavy atom. The van der Waals surface area contributed by atoms with Gasteiger partial charge in [-0.05, 0) is 68.2 Å². The summed E-state index contributed by atoms with van der Waals surface area (Å²) in [6.07, 6.45) is 2.43. The van der Waals surface area contributed by atoms with Crippen molar-refractivity contribution in [1.82, 2.24) is 14.9 Å². The zero-order chi connectivity index (χ0) is 23.0. The molecule has 0 aliphatic carbocycles. The number of ether oxygens (including phenoxy) is 1. The standard InChI is InChI=1S/C23H29N3O5S/c1-2-31-23(28)18-9-11-21(12-10-18)32(29,30)25-16-22(27)24-15-19-7-3-4-8-20(19)17-26-13-5-6-14-26/h3-4,7-12,25H,2,5-6,13-17H2,1H3,(H,24,27). The Morgan fingerprint density at radius 2 is 1.66 bits per heavy atom. The number of esters is 1. The van der Waals surface area contributed by atoms with Crippen LogP contribution in [0.3, 0.4) is 0 Å². The molecule has 1 saturated heterocycles. The maximum Gasteiger partial charge on any atom is 0.338 e. The topological polar surface area (TPSA) is 105 Å². The summed E-state index contributed by atoms with van der Waals surface area (Å²) < 4.78 is 32.1. The SMILES string of the molecule is CCOC(=O)c1ccc(S(=O)(=O)NCC(=O)NCc2ccccc2CN2CCCC2)cc1. The van der Waals surface area contributed by atoms with E-state index in [4.69, 9.17) is 4.74 Å². The van der Waals surface area contributed by atoms with Crippen molar-refractivity contribution in [2.24, 2.45) is 0 Å². The summed E-state index contributed by atoms with van der Waals surface area (Å²) in [7, 11) is -3.89. The second kappa shape index (κ2) is 11.2. The van der Waals surface area contributed by atoms with Crippen molar-refractivity contribution in [3.05, 3.63) is 65.2 Å². The predicted octanol–water partition coefficient (Wildman–Crippen LogP) is 2.05. The van der Waals surface area contributed by atoms with Crippen molar-refractivity contribution < 1.29 is 22.7 Å². The van der Waals surface area contributed by atoms with Crippen LogP contribution in [0.5, 0.6) is 0 Å². The fourth-order valence-electron chi connectivity index (χ4n) is 3.55. The maximum atomic E-state index is 12.5. The molecule has 0 atom stereocenters. The lowest BCUT2D eigenvalue weighted by molar-refractivity contribution is -0.120. The Labute approximate surface area is 189 Å². The minimum atomic E-state index is -3.89. The molecule has 1 aliphatic rings. The van der Waals surface area contributed by atoms with Gasteiger partial charge in [0.1, 0.15) is 0 Å². The van der Waals surface area contributed by atoms with Crippen LogP contribution in [-0.2, 0) is 32.6 Å². The number of sulfonamides is 1. The zero-order valence-corrected chi connectivity index (χ0v) is 19.0. The Balaban J connectivity index is 1.52. The number of amides is 1. The number of hydrogen-bond donors (Lipinski definition) is 2. The fraction of sp³-hybridized carbons (Fsp3) is 0.391. The van der Waals surface area contributed by atoms with Gasteiger partial charge in [-0.15, -0.1) is 0 Å². The molecule has 9 heteroatoms. The highest BCUT2D eigenvalue weighted by Gasteiger charge is 2.17. The molecule has 32 heavy (non-hydrogen) atoms. The van der Waals surface area contributed by atoms with E-state index in [9.17, 15) is 18.0 Å². The predicted molar refractivity (Wildman–Crippen MR) is 120 cm³/mol. The van der Waals surface area contributed by atoms with E-state index in [1.54, 1.807) is 6.92 Å². The van der Waals surface area contributed by atoms with Crippen molar-refractivity contribution in [2.45, 2.75) is 37.8 Å². The van der Waals surface area contributed by atoms with E-state index in [1.165, 1.54) is 37.1 Å². The van der Waals surface area contributed by atoms with Gasteiger partial charge in [0.15, 0.2) is 0 Å². The number of likely N-dealkylation sites (tertiary alicyclic amines) is 1. The molecule has 3 rings (SSSR count). The lowest BCUT2D eigenvalue weighted by Crippen LogP contribution is -2.36. The molecule has 2 aromatic carbocycles. The van der Waals surface area contributed by atoms with E-state index in [-0.39, 0.29) is 23.6 Å². The third-order valence-corrected chi connectivity index (χ3v) is 6.70. The quantitative estimate of drug-likeness (QED) is 0.527. The molecule has 0 bridgehead atoms. The van der Waals surface area contributed by atoms with Crippen LogP contribution >= 0.6 is 0 Å². The average molecular weight is 460 g/mol. The number of carbonyl (C=O) groups excluding carboxylic acids is 2. The maximum absolute atomic E-state index is 12.5. The molecule has 0 unspecified atom stereocenters. The molecule has 0 spiro atoms. The van der Waals surface area contributed by atoms with E-state index >= 15 is 0 Å². The van der Waals surface area contributed by atoms with Crippen LogP contribution in [-0.4, -0.2) is 51.4 Å². The molecule has 2 N–H and O–H groups in total. The Kier molecular flexibility index (Phi) is 8.38. The Hall–Kier alpha value is -2.75. The van der Waals surface area contributed by atoms with Gasteiger partial charge in [0.25, 0.3) is 0 Å². The van der Waals surface area contributed by atoms with Crippen molar-refractivity contribution in [1.29, 1.82) is 0 Å². The summed E-state index contributed by atoms with van der Waals surface area (Å²) in [5.74, 6) is -0.943. The second-order valence-corrected chi connectivity index (χ2v) is 9.37. The van der Waals surface area contributed by atoms with Gasteiger partial charge < -0.3 is 10.1 Å². The van der Waals surface area contributed by atoms with Crippen LogP contribution in [0.15, 0.2) is 53.4 Å². The summed E-state index contributed by atoms with van der Waals surface area (Å²) in [6, 6.07) is 13.3. The lowest BCUT2D eigenvalue weighted by atomic mass is 10.1. The second-order valence-electron chi connectivity index (χ2n) is 7.60. The van der Waals surface area contributed by atoms with E-state index in [1.807, 2.05) is 18.2 Å². The molecule has 172 valence electrons. The molecule has 0 aromatic heterocycles. The molecule has 0 saturated carbocycles. The van der Waals surface area contributed by atoms with Crippen molar-refractivity contribution in [2.75, 3.05) is 26.2 Å². The van der Waals surface area contributed by atoms with E-state index in [2.05, 4.69) is 21.0 Å². The number of hydrogen-bond acceptors (Lipinski definition) is 6. The molecule has 1 fully saturated rings. The first-order valence-corrected chi connectivity index (χ1v) is 12.2. The monoisotopic (exact) mass is 459 g/mol. The number of carbonyl (C=O) groups is 2. The van der Waals surface area contributed by atoms with Gasteiger partial charge in [-0.2, -0.15) is 0 Å². The van der Waals surface area contributed by atoms with Crippen LogP contribution in [0.25, 0.3) is 0 Å². The number of benzene rings is 2. The van der Waals surface area contributed by atoms with E-state index in [0.717, 1.165) is 30.8 Å². The third-order valence-electron chi connectivity index (χ3n) is 5.29. The van der Waals surface area contributed by atoms with Gasteiger partial charge in [0, 0.05) is 13.1 Å². The molecule has 1 heterocycles. The average Bonchev–Trinajstić information content (AvgIpc) is 3.30. The summed E-state index contributed by atoms with van der Waals surface area (Å²) >= 11 is 0. The minimum absolute atomic E-state index is 0.0330. The summed E-state index contributed by atoms with van der Waals surface area (Å²) in [5, 5.41) is 2.78.